The molecule has 6 nitrogen and oxygen atoms in total. The Balaban J connectivity index is 1.73. The Kier molecular flexibility index (Phi) is 5.66. The van der Waals surface area contributed by atoms with E-state index >= 15 is 0 Å². The lowest BCUT2D eigenvalue weighted by Crippen LogP contribution is -2.01. The quantitative estimate of drug-likeness (QED) is 0.307. The van der Waals surface area contributed by atoms with Crippen LogP contribution in [0.25, 0.3) is 11.1 Å². The van der Waals surface area contributed by atoms with E-state index in [1.165, 1.54) is 6.07 Å². The van der Waals surface area contributed by atoms with Gasteiger partial charge in [-0.3, -0.25) is 10.1 Å². The molecule has 0 saturated heterocycles. The molecule has 4 aromatic rings. The van der Waals surface area contributed by atoms with Crippen LogP contribution in [0.2, 0.25) is 0 Å². The summed E-state index contributed by atoms with van der Waals surface area (Å²) in [5.74, 6) is 0.340. The first-order valence-corrected chi connectivity index (χ1v) is 9.43. The number of rotatable bonds is 7. The topological polar surface area (TPSA) is 77.3 Å². The molecule has 0 spiro atoms. The maximum Gasteiger partial charge on any atom is 0.277 e. The van der Waals surface area contributed by atoms with Crippen LogP contribution in [0.4, 0.5) is 17.1 Å². The molecule has 148 valence electrons. The number of benzene rings is 3. The van der Waals surface area contributed by atoms with Crippen molar-refractivity contribution in [2.75, 3.05) is 5.32 Å². The molecule has 0 aliphatic carbocycles. The summed E-state index contributed by atoms with van der Waals surface area (Å²) in [5, 5.41) is 14.9. The van der Waals surface area contributed by atoms with Gasteiger partial charge in [0.15, 0.2) is 0 Å². The minimum Gasteiger partial charge on any atom is -0.472 e. The summed E-state index contributed by atoms with van der Waals surface area (Å²) in [7, 11) is 0. The lowest BCUT2D eigenvalue weighted by molar-refractivity contribution is -0.384. The Morgan fingerprint density at radius 1 is 0.833 bits per heavy atom. The van der Waals surface area contributed by atoms with E-state index in [4.69, 9.17) is 4.74 Å². The van der Waals surface area contributed by atoms with Gasteiger partial charge in [0, 0.05) is 11.8 Å². The SMILES string of the molecule is O=[N+]([O-])c1ccccc1-c1cc(Nc2ccccc2)cnc1OCc1ccccc1. The minimum absolute atomic E-state index is 0.000669. The first-order chi connectivity index (χ1) is 14.7. The number of nitro benzene ring substituents is 1. The fraction of sp³-hybridized carbons (Fsp3) is 0.0417. The number of pyridine rings is 1. The molecule has 6 heteroatoms. The Bertz CT molecular complexity index is 1150. The fourth-order valence-electron chi connectivity index (χ4n) is 3.10. The Morgan fingerprint density at radius 3 is 2.23 bits per heavy atom. The van der Waals surface area contributed by atoms with Crippen LogP contribution in [-0.4, -0.2) is 9.91 Å². The van der Waals surface area contributed by atoms with Crippen molar-refractivity contribution in [2.45, 2.75) is 6.61 Å². The van der Waals surface area contributed by atoms with Crippen molar-refractivity contribution < 1.29 is 9.66 Å². The van der Waals surface area contributed by atoms with Gasteiger partial charge in [0.25, 0.3) is 5.69 Å². The van der Waals surface area contributed by atoms with Crippen LogP contribution in [0.1, 0.15) is 5.56 Å². The minimum atomic E-state index is -0.395. The molecular formula is C24H19N3O3. The third kappa shape index (κ3) is 4.44. The van der Waals surface area contributed by atoms with Gasteiger partial charge in [0.1, 0.15) is 6.61 Å². The lowest BCUT2D eigenvalue weighted by Gasteiger charge is -2.14. The average molecular weight is 397 g/mol. The van der Waals surface area contributed by atoms with Crippen molar-refractivity contribution >= 4 is 17.1 Å². The largest absolute Gasteiger partial charge is 0.472 e. The molecule has 0 saturated carbocycles. The molecule has 0 atom stereocenters. The lowest BCUT2D eigenvalue weighted by atomic mass is 10.0. The van der Waals surface area contributed by atoms with Crippen LogP contribution in [0, 0.1) is 10.1 Å². The van der Waals surface area contributed by atoms with E-state index in [9.17, 15) is 10.1 Å². The number of nitro groups is 1. The van der Waals surface area contributed by atoms with Crippen molar-refractivity contribution in [1.82, 2.24) is 4.98 Å². The zero-order chi connectivity index (χ0) is 20.8. The van der Waals surface area contributed by atoms with Gasteiger partial charge in [-0.2, -0.15) is 0 Å². The Hall–Kier alpha value is -4.19. The fourth-order valence-corrected chi connectivity index (χ4v) is 3.10. The monoisotopic (exact) mass is 397 g/mol. The number of aromatic nitrogens is 1. The van der Waals surface area contributed by atoms with Crippen molar-refractivity contribution in [1.29, 1.82) is 0 Å². The molecule has 1 N–H and O–H groups in total. The molecular weight excluding hydrogens is 378 g/mol. The van der Waals surface area contributed by atoms with Crippen LogP contribution < -0.4 is 10.1 Å². The molecule has 0 fully saturated rings. The summed E-state index contributed by atoms with van der Waals surface area (Å²) in [6, 6.07) is 27.8. The molecule has 30 heavy (non-hydrogen) atoms. The van der Waals surface area contributed by atoms with Gasteiger partial charge in [0.2, 0.25) is 5.88 Å². The maximum atomic E-state index is 11.6. The number of hydrogen-bond acceptors (Lipinski definition) is 5. The number of anilines is 2. The normalized spacial score (nSPS) is 10.4. The van der Waals surface area contributed by atoms with E-state index in [-0.39, 0.29) is 5.69 Å². The molecule has 1 heterocycles. The van der Waals surface area contributed by atoms with E-state index in [0.29, 0.717) is 29.3 Å². The van der Waals surface area contributed by atoms with E-state index < -0.39 is 4.92 Å². The molecule has 0 aliphatic heterocycles. The highest BCUT2D eigenvalue weighted by Crippen LogP contribution is 2.37. The molecule has 4 rings (SSSR count). The van der Waals surface area contributed by atoms with Crippen molar-refractivity contribution in [2.24, 2.45) is 0 Å². The number of ether oxygens (including phenoxy) is 1. The summed E-state index contributed by atoms with van der Waals surface area (Å²) < 4.78 is 5.96. The van der Waals surface area contributed by atoms with Crippen molar-refractivity contribution in [3.8, 4) is 17.0 Å². The number of nitrogens with one attached hydrogen (secondary N) is 1. The second-order valence-electron chi connectivity index (χ2n) is 6.62. The Morgan fingerprint density at radius 2 is 1.50 bits per heavy atom. The third-order valence-electron chi connectivity index (χ3n) is 4.52. The second kappa shape index (κ2) is 8.87. The van der Waals surface area contributed by atoms with Gasteiger partial charge < -0.3 is 10.1 Å². The average Bonchev–Trinajstić information content (AvgIpc) is 2.79. The van der Waals surface area contributed by atoms with Gasteiger partial charge in [-0.05, 0) is 29.8 Å². The van der Waals surface area contributed by atoms with Gasteiger partial charge in [-0.15, -0.1) is 0 Å². The number of para-hydroxylation sites is 2. The van der Waals surface area contributed by atoms with Crippen LogP contribution >= 0.6 is 0 Å². The molecule has 0 radical (unpaired) electrons. The third-order valence-corrected chi connectivity index (χ3v) is 4.52. The first-order valence-electron chi connectivity index (χ1n) is 9.43. The van der Waals surface area contributed by atoms with E-state index in [0.717, 1.165) is 11.3 Å². The van der Waals surface area contributed by atoms with E-state index in [1.54, 1.807) is 24.4 Å². The van der Waals surface area contributed by atoms with E-state index in [1.807, 2.05) is 66.7 Å². The van der Waals surface area contributed by atoms with Crippen LogP contribution in [0.5, 0.6) is 5.88 Å². The second-order valence-corrected chi connectivity index (χ2v) is 6.62. The molecule has 0 aliphatic rings. The number of hydrogen-bond donors (Lipinski definition) is 1. The zero-order valence-corrected chi connectivity index (χ0v) is 16.1. The van der Waals surface area contributed by atoms with Crippen LogP contribution in [-0.2, 0) is 6.61 Å². The summed E-state index contributed by atoms with van der Waals surface area (Å²) in [6.45, 7) is 0.312. The smallest absolute Gasteiger partial charge is 0.277 e. The summed E-state index contributed by atoms with van der Waals surface area (Å²) in [5.41, 5.74) is 3.60. The highest BCUT2D eigenvalue weighted by molar-refractivity contribution is 5.80. The summed E-state index contributed by atoms with van der Waals surface area (Å²) >= 11 is 0. The maximum absolute atomic E-state index is 11.6. The van der Waals surface area contributed by atoms with E-state index in [2.05, 4.69) is 10.3 Å². The summed E-state index contributed by atoms with van der Waals surface area (Å²) in [6.07, 6.45) is 1.66. The predicted octanol–water partition coefficient (Wildman–Crippen LogP) is 5.98. The first kappa shape index (κ1) is 19.1. The highest BCUT2D eigenvalue weighted by Gasteiger charge is 2.19. The number of nitrogens with zero attached hydrogens (tertiary/aromatic N) is 2. The van der Waals surface area contributed by atoms with Crippen LogP contribution in [0.3, 0.4) is 0 Å². The molecule has 0 amide bonds. The Labute approximate surface area is 174 Å². The van der Waals surface area contributed by atoms with Crippen molar-refractivity contribution in [3.63, 3.8) is 0 Å². The standard InChI is InChI=1S/C24H19N3O3/c28-27(29)23-14-8-7-13-21(23)22-15-20(26-19-11-5-2-6-12-19)16-25-24(22)30-17-18-9-3-1-4-10-18/h1-16,26H,17H2. The van der Waals surface area contributed by atoms with Gasteiger partial charge in [-0.1, -0.05) is 60.7 Å². The molecule has 1 aromatic heterocycles. The van der Waals surface area contributed by atoms with Crippen molar-refractivity contribution in [3.05, 3.63) is 113 Å². The zero-order valence-electron chi connectivity index (χ0n) is 16.1. The molecule has 0 unspecified atom stereocenters. The van der Waals surface area contributed by atoms with Gasteiger partial charge in [0.05, 0.1) is 27.9 Å². The molecule has 0 bridgehead atoms. The van der Waals surface area contributed by atoms with Gasteiger partial charge in [-0.25, -0.2) is 4.98 Å². The van der Waals surface area contributed by atoms with Gasteiger partial charge >= 0.3 is 0 Å². The molecule has 3 aromatic carbocycles. The summed E-state index contributed by atoms with van der Waals surface area (Å²) in [4.78, 5) is 15.7. The predicted molar refractivity (Wildman–Crippen MR) is 117 cm³/mol. The van der Waals surface area contributed by atoms with Crippen LogP contribution in [0.15, 0.2) is 97.2 Å². The highest BCUT2D eigenvalue weighted by atomic mass is 16.6.